The van der Waals surface area contributed by atoms with Gasteiger partial charge < -0.3 is 4.74 Å². The highest BCUT2D eigenvalue weighted by atomic mass is 35.7. The van der Waals surface area contributed by atoms with Gasteiger partial charge in [0.05, 0.1) is 12.4 Å². The molecule has 1 aromatic rings. The van der Waals surface area contributed by atoms with Crippen LogP contribution in [0, 0.1) is 19.8 Å². The SMILES string of the molecule is Cc1ccc(OCCC(C)CCS(=O)(=O)Cl)cc1C. The maximum atomic E-state index is 10.8. The topological polar surface area (TPSA) is 43.4 Å². The Labute approximate surface area is 120 Å². The number of ether oxygens (including phenoxy) is 1. The summed E-state index contributed by atoms with van der Waals surface area (Å²) in [6.07, 6.45) is 1.39. The first kappa shape index (κ1) is 16.3. The van der Waals surface area contributed by atoms with Crippen LogP contribution in [0.1, 0.15) is 30.9 Å². The van der Waals surface area contributed by atoms with E-state index in [0.29, 0.717) is 13.0 Å². The highest BCUT2D eigenvalue weighted by Crippen LogP contribution is 2.18. The van der Waals surface area contributed by atoms with Crippen LogP contribution < -0.4 is 4.74 Å². The number of hydrogen-bond donors (Lipinski definition) is 0. The molecule has 0 spiro atoms. The summed E-state index contributed by atoms with van der Waals surface area (Å²) in [5.74, 6) is 1.17. The summed E-state index contributed by atoms with van der Waals surface area (Å²) in [6, 6.07) is 6.01. The third-order valence-corrected chi connectivity index (χ3v) is 4.40. The van der Waals surface area contributed by atoms with E-state index < -0.39 is 9.05 Å². The molecule has 19 heavy (non-hydrogen) atoms. The molecule has 1 aromatic carbocycles. The number of aryl methyl sites for hydroxylation is 2. The van der Waals surface area contributed by atoms with Crippen LogP contribution in [-0.2, 0) is 9.05 Å². The zero-order chi connectivity index (χ0) is 14.5. The Bertz CT molecular complexity index is 511. The van der Waals surface area contributed by atoms with Crippen LogP contribution in [0.4, 0.5) is 0 Å². The lowest BCUT2D eigenvalue weighted by Gasteiger charge is -2.12. The number of benzene rings is 1. The fraction of sp³-hybridized carbons (Fsp3) is 0.571. The monoisotopic (exact) mass is 304 g/mol. The van der Waals surface area contributed by atoms with E-state index >= 15 is 0 Å². The molecule has 5 heteroatoms. The van der Waals surface area contributed by atoms with Gasteiger partial charge in [0.2, 0.25) is 9.05 Å². The number of rotatable bonds is 7. The lowest BCUT2D eigenvalue weighted by Crippen LogP contribution is -2.08. The minimum absolute atomic E-state index is 0.0271. The van der Waals surface area contributed by atoms with Crippen LogP contribution in [0.3, 0.4) is 0 Å². The van der Waals surface area contributed by atoms with Gasteiger partial charge in [-0.25, -0.2) is 8.42 Å². The zero-order valence-corrected chi connectivity index (χ0v) is 13.2. The minimum atomic E-state index is -3.38. The standard InChI is InChI=1S/C14H21ClO3S/c1-11(7-9-19(15,16)17)6-8-18-14-5-4-12(2)13(3)10-14/h4-5,10-11H,6-9H2,1-3H3. The average Bonchev–Trinajstić information content (AvgIpc) is 2.30. The molecular weight excluding hydrogens is 284 g/mol. The molecule has 0 heterocycles. The Hall–Kier alpha value is -0.740. The second-order valence-electron chi connectivity index (χ2n) is 5.02. The largest absolute Gasteiger partial charge is 0.494 e. The average molecular weight is 305 g/mol. The normalized spacial score (nSPS) is 13.3. The van der Waals surface area contributed by atoms with Gasteiger partial charge in [-0.15, -0.1) is 0 Å². The molecule has 1 atom stereocenters. The Morgan fingerprint density at radius 3 is 2.47 bits per heavy atom. The van der Waals surface area contributed by atoms with Crippen LogP contribution in [0.2, 0.25) is 0 Å². The summed E-state index contributed by atoms with van der Waals surface area (Å²) in [4.78, 5) is 0. The van der Waals surface area contributed by atoms with Gasteiger partial charge in [-0.2, -0.15) is 0 Å². The molecule has 1 rings (SSSR count). The fourth-order valence-corrected chi connectivity index (χ4v) is 2.62. The van der Waals surface area contributed by atoms with Gasteiger partial charge in [0, 0.05) is 10.7 Å². The quantitative estimate of drug-likeness (QED) is 0.722. The van der Waals surface area contributed by atoms with Crippen molar-refractivity contribution in [1.82, 2.24) is 0 Å². The smallest absolute Gasteiger partial charge is 0.232 e. The second-order valence-corrected chi connectivity index (χ2v) is 7.92. The van der Waals surface area contributed by atoms with E-state index in [0.717, 1.165) is 12.2 Å². The molecular formula is C14H21ClO3S. The lowest BCUT2D eigenvalue weighted by molar-refractivity contribution is 0.281. The van der Waals surface area contributed by atoms with E-state index in [1.54, 1.807) is 0 Å². The summed E-state index contributed by atoms with van der Waals surface area (Å²) < 4.78 is 27.3. The molecule has 0 aliphatic carbocycles. The third-order valence-electron chi connectivity index (χ3n) is 3.21. The maximum Gasteiger partial charge on any atom is 0.232 e. The van der Waals surface area contributed by atoms with Gasteiger partial charge in [0.15, 0.2) is 0 Å². The highest BCUT2D eigenvalue weighted by molar-refractivity contribution is 8.13. The number of halogens is 1. The first-order valence-electron chi connectivity index (χ1n) is 6.40. The molecule has 1 unspecified atom stereocenters. The fourth-order valence-electron chi connectivity index (χ4n) is 1.67. The molecule has 0 aromatic heterocycles. The van der Waals surface area contributed by atoms with Gasteiger partial charge in [-0.1, -0.05) is 13.0 Å². The molecule has 0 saturated heterocycles. The van der Waals surface area contributed by atoms with Crippen molar-refractivity contribution in [2.45, 2.75) is 33.6 Å². The van der Waals surface area contributed by atoms with Crippen molar-refractivity contribution < 1.29 is 13.2 Å². The molecule has 0 aliphatic rings. The molecule has 0 aliphatic heterocycles. The molecule has 108 valence electrons. The predicted molar refractivity (Wildman–Crippen MR) is 79.4 cm³/mol. The number of hydrogen-bond acceptors (Lipinski definition) is 3. The zero-order valence-electron chi connectivity index (χ0n) is 11.6. The second kappa shape index (κ2) is 7.15. The van der Waals surface area contributed by atoms with Crippen molar-refractivity contribution >= 4 is 19.7 Å². The maximum absolute atomic E-state index is 10.8. The van der Waals surface area contributed by atoms with Crippen LogP contribution in [0.5, 0.6) is 5.75 Å². The van der Waals surface area contributed by atoms with Crippen molar-refractivity contribution in [3.05, 3.63) is 29.3 Å². The summed E-state index contributed by atoms with van der Waals surface area (Å²) in [5, 5.41) is 0. The van der Waals surface area contributed by atoms with E-state index in [9.17, 15) is 8.42 Å². The van der Waals surface area contributed by atoms with Crippen molar-refractivity contribution in [3.63, 3.8) is 0 Å². The molecule has 0 radical (unpaired) electrons. The van der Waals surface area contributed by atoms with Gasteiger partial charge in [0.1, 0.15) is 5.75 Å². The molecule has 0 bridgehead atoms. The van der Waals surface area contributed by atoms with Crippen LogP contribution in [0.15, 0.2) is 18.2 Å². The highest BCUT2D eigenvalue weighted by Gasteiger charge is 2.09. The summed E-state index contributed by atoms with van der Waals surface area (Å²) >= 11 is 0. The van der Waals surface area contributed by atoms with Crippen molar-refractivity contribution in [1.29, 1.82) is 0 Å². The summed E-state index contributed by atoms with van der Waals surface area (Å²) in [7, 11) is 1.80. The minimum Gasteiger partial charge on any atom is -0.494 e. The Balaban J connectivity index is 2.31. The van der Waals surface area contributed by atoms with Crippen molar-refractivity contribution in [2.24, 2.45) is 5.92 Å². The van der Waals surface area contributed by atoms with E-state index in [4.69, 9.17) is 15.4 Å². The Morgan fingerprint density at radius 1 is 1.21 bits per heavy atom. The van der Waals surface area contributed by atoms with Crippen molar-refractivity contribution in [3.8, 4) is 5.75 Å². The first-order chi connectivity index (χ1) is 8.78. The Morgan fingerprint density at radius 2 is 1.89 bits per heavy atom. The van der Waals surface area contributed by atoms with Gasteiger partial charge >= 0.3 is 0 Å². The molecule has 0 amide bonds. The van der Waals surface area contributed by atoms with Gasteiger partial charge in [-0.3, -0.25) is 0 Å². The molecule has 0 N–H and O–H groups in total. The molecule has 0 fully saturated rings. The van der Waals surface area contributed by atoms with Crippen molar-refractivity contribution in [2.75, 3.05) is 12.4 Å². The Kier molecular flexibility index (Phi) is 6.14. The lowest BCUT2D eigenvalue weighted by atomic mass is 10.1. The third kappa shape index (κ3) is 6.83. The summed E-state index contributed by atoms with van der Waals surface area (Å²) in [5.41, 5.74) is 2.45. The van der Waals surface area contributed by atoms with E-state index in [-0.39, 0.29) is 11.7 Å². The summed E-state index contributed by atoms with van der Waals surface area (Å²) in [6.45, 7) is 6.71. The van der Waals surface area contributed by atoms with Crippen LogP contribution >= 0.6 is 10.7 Å². The van der Waals surface area contributed by atoms with Gasteiger partial charge in [0.25, 0.3) is 0 Å². The van der Waals surface area contributed by atoms with E-state index in [1.807, 2.05) is 25.1 Å². The van der Waals surface area contributed by atoms with Crippen LogP contribution in [-0.4, -0.2) is 20.8 Å². The molecule has 0 saturated carbocycles. The first-order valence-corrected chi connectivity index (χ1v) is 8.88. The van der Waals surface area contributed by atoms with E-state index in [2.05, 4.69) is 13.8 Å². The van der Waals surface area contributed by atoms with Crippen LogP contribution in [0.25, 0.3) is 0 Å². The van der Waals surface area contributed by atoms with Gasteiger partial charge in [-0.05, 0) is 55.9 Å². The molecule has 3 nitrogen and oxygen atoms in total. The predicted octanol–water partition coefficient (Wildman–Crippen LogP) is 3.67. The van der Waals surface area contributed by atoms with E-state index in [1.165, 1.54) is 11.1 Å².